The predicted octanol–water partition coefficient (Wildman–Crippen LogP) is 4.07. The molecule has 0 radical (unpaired) electrons. The molecule has 4 heteroatoms. The lowest BCUT2D eigenvalue weighted by Gasteiger charge is -2.07. The van der Waals surface area contributed by atoms with Crippen LogP contribution in [-0.4, -0.2) is 11.0 Å². The second-order valence-corrected chi connectivity index (χ2v) is 6.77. The quantitative estimate of drug-likeness (QED) is 0.682. The summed E-state index contributed by atoms with van der Waals surface area (Å²) in [4.78, 5) is 15.5. The van der Waals surface area contributed by atoms with Gasteiger partial charge in [-0.15, -0.1) is 11.3 Å². The number of aliphatic carboxylic acids is 1. The third-order valence-corrected chi connectivity index (χ3v) is 5.03. The highest BCUT2D eigenvalue weighted by Crippen LogP contribution is 2.31. The van der Waals surface area contributed by atoms with Crippen LogP contribution in [0.1, 0.15) is 35.4 Å². The van der Waals surface area contributed by atoms with Gasteiger partial charge in [-0.25, -0.2) is 4.98 Å². The standard InChI is InChI=1S/C20H19NO2S/c1-14-7-2-3-8-15(14)13-16(9-6-12-19(22)23)20-21-17-10-4-5-11-18(17)24-20/h2-5,7-8,10-11,13H,6,9,12H2,1H3,(H,22,23)/p-1/b16-13+. The lowest BCUT2D eigenvalue weighted by molar-refractivity contribution is -0.305. The number of aryl methyl sites for hydroxylation is 1. The fraction of sp³-hybridized carbons (Fsp3) is 0.200. The van der Waals surface area contributed by atoms with E-state index in [1.807, 2.05) is 30.3 Å². The van der Waals surface area contributed by atoms with Crippen molar-refractivity contribution in [2.45, 2.75) is 26.2 Å². The van der Waals surface area contributed by atoms with Crippen molar-refractivity contribution >= 4 is 39.2 Å². The van der Waals surface area contributed by atoms with E-state index in [1.165, 1.54) is 5.56 Å². The number of hydrogen-bond acceptors (Lipinski definition) is 4. The number of carboxylic acids is 1. The SMILES string of the molecule is Cc1ccccc1/C=C(\CCCC(=O)[O-])c1nc2ccccc2s1. The van der Waals surface area contributed by atoms with E-state index in [4.69, 9.17) is 4.98 Å². The van der Waals surface area contributed by atoms with Gasteiger partial charge in [0.05, 0.1) is 10.2 Å². The number of hydrogen-bond donors (Lipinski definition) is 0. The van der Waals surface area contributed by atoms with E-state index in [9.17, 15) is 9.90 Å². The van der Waals surface area contributed by atoms with E-state index in [-0.39, 0.29) is 6.42 Å². The molecule has 0 bridgehead atoms. The maximum Gasteiger partial charge on any atom is 0.120 e. The van der Waals surface area contributed by atoms with Crippen LogP contribution in [0, 0.1) is 6.92 Å². The average Bonchev–Trinajstić information content (AvgIpc) is 2.99. The summed E-state index contributed by atoms with van der Waals surface area (Å²) in [5.41, 5.74) is 4.39. The van der Waals surface area contributed by atoms with Crippen LogP contribution in [0.5, 0.6) is 0 Å². The van der Waals surface area contributed by atoms with Gasteiger partial charge in [-0.05, 0) is 61.1 Å². The Hall–Kier alpha value is -2.46. The summed E-state index contributed by atoms with van der Waals surface area (Å²) in [5, 5.41) is 11.7. The summed E-state index contributed by atoms with van der Waals surface area (Å²) in [5.74, 6) is -1.01. The van der Waals surface area contributed by atoms with Gasteiger partial charge in [0.1, 0.15) is 5.01 Å². The Morgan fingerprint density at radius 1 is 1.12 bits per heavy atom. The largest absolute Gasteiger partial charge is 0.550 e. The fourth-order valence-corrected chi connectivity index (χ4v) is 3.62. The van der Waals surface area contributed by atoms with Gasteiger partial charge in [0.2, 0.25) is 0 Å². The first-order valence-corrected chi connectivity index (χ1v) is 8.77. The zero-order valence-corrected chi connectivity index (χ0v) is 14.3. The van der Waals surface area contributed by atoms with Gasteiger partial charge in [0.25, 0.3) is 0 Å². The number of benzene rings is 2. The molecule has 0 aliphatic carbocycles. The third-order valence-electron chi connectivity index (χ3n) is 3.91. The minimum Gasteiger partial charge on any atom is -0.550 e. The van der Waals surface area contributed by atoms with Gasteiger partial charge >= 0.3 is 0 Å². The van der Waals surface area contributed by atoms with Crippen molar-refractivity contribution in [3.8, 4) is 0 Å². The first-order chi connectivity index (χ1) is 11.6. The average molecular weight is 336 g/mol. The smallest absolute Gasteiger partial charge is 0.120 e. The van der Waals surface area contributed by atoms with Crippen molar-refractivity contribution in [1.29, 1.82) is 0 Å². The van der Waals surface area contributed by atoms with Crippen LogP contribution in [0.2, 0.25) is 0 Å². The van der Waals surface area contributed by atoms with Crippen molar-refractivity contribution in [2.75, 3.05) is 0 Å². The molecule has 0 aliphatic heterocycles. The van der Waals surface area contributed by atoms with Crippen LogP contribution in [0.25, 0.3) is 21.9 Å². The topological polar surface area (TPSA) is 53.0 Å². The first kappa shape index (κ1) is 16.4. The zero-order chi connectivity index (χ0) is 16.9. The molecule has 2 aromatic carbocycles. The van der Waals surface area contributed by atoms with Crippen molar-refractivity contribution < 1.29 is 9.90 Å². The second-order valence-electron chi connectivity index (χ2n) is 5.74. The summed E-state index contributed by atoms with van der Waals surface area (Å²) in [7, 11) is 0. The maximum atomic E-state index is 10.7. The molecule has 0 saturated carbocycles. The molecule has 0 fully saturated rings. The van der Waals surface area contributed by atoms with Crippen molar-refractivity contribution in [1.82, 2.24) is 4.98 Å². The molecule has 0 saturated heterocycles. The molecule has 122 valence electrons. The number of fused-ring (bicyclic) bond motifs is 1. The summed E-state index contributed by atoms with van der Waals surface area (Å²) in [6.45, 7) is 2.07. The van der Waals surface area contributed by atoms with Crippen LogP contribution in [0.3, 0.4) is 0 Å². The minimum absolute atomic E-state index is 0.0655. The highest BCUT2D eigenvalue weighted by Gasteiger charge is 2.10. The molecule has 0 atom stereocenters. The van der Waals surface area contributed by atoms with Crippen LogP contribution < -0.4 is 5.11 Å². The lowest BCUT2D eigenvalue weighted by Crippen LogP contribution is -2.21. The molecule has 3 rings (SSSR count). The van der Waals surface area contributed by atoms with E-state index >= 15 is 0 Å². The molecule has 1 aromatic heterocycles. The normalized spacial score (nSPS) is 11.8. The second kappa shape index (κ2) is 7.41. The van der Waals surface area contributed by atoms with Crippen LogP contribution >= 0.6 is 11.3 Å². The summed E-state index contributed by atoms with van der Waals surface area (Å²) >= 11 is 1.65. The molecule has 24 heavy (non-hydrogen) atoms. The van der Waals surface area contributed by atoms with Gasteiger partial charge in [0.15, 0.2) is 0 Å². The first-order valence-electron chi connectivity index (χ1n) is 7.95. The molecule has 0 aliphatic rings. The Labute approximate surface area is 145 Å². The number of nitrogens with zero attached hydrogens (tertiary/aromatic N) is 1. The van der Waals surface area contributed by atoms with Crippen molar-refractivity contribution in [2.24, 2.45) is 0 Å². The van der Waals surface area contributed by atoms with Crippen LogP contribution in [0.15, 0.2) is 48.5 Å². The highest BCUT2D eigenvalue weighted by molar-refractivity contribution is 7.19. The van der Waals surface area contributed by atoms with Gasteiger partial charge in [0, 0.05) is 5.97 Å². The number of allylic oxidation sites excluding steroid dienone is 1. The molecule has 0 N–H and O–H groups in total. The van der Waals surface area contributed by atoms with E-state index < -0.39 is 5.97 Å². The van der Waals surface area contributed by atoms with Crippen LogP contribution in [-0.2, 0) is 4.79 Å². The monoisotopic (exact) mass is 336 g/mol. The van der Waals surface area contributed by atoms with Crippen molar-refractivity contribution in [3.05, 3.63) is 64.7 Å². The number of aromatic nitrogens is 1. The number of para-hydroxylation sites is 1. The Bertz CT molecular complexity index is 862. The summed E-state index contributed by atoms with van der Waals surface area (Å²) in [6, 6.07) is 16.2. The number of carboxylic acid groups (broad SMARTS) is 1. The molecule has 3 nitrogen and oxygen atoms in total. The van der Waals surface area contributed by atoms with Gasteiger partial charge < -0.3 is 9.90 Å². The lowest BCUT2D eigenvalue weighted by atomic mass is 10.0. The van der Waals surface area contributed by atoms with Gasteiger partial charge in [-0.3, -0.25) is 0 Å². The van der Waals surface area contributed by atoms with Crippen LogP contribution in [0.4, 0.5) is 0 Å². The number of carbonyl (C=O) groups excluding carboxylic acids is 1. The third kappa shape index (κ3) is 3.89. The molecule has 0 unspecified atom stereocenters. The number of carbonyl (C=O) groups is 1. The van der Waals surface area contributed by atoms with Crippen molar-refractivity contribution in [3.63, 3.8) is 0 Å². The summed E-state index contributed by atoms with van der Waals surface area (Å²) in [6.07, 6.45) is 3.41. The highest BCUT2D eigenvalue weighted by atomic mass is 32.1. The Morgan fingerprint density at radius 3 is 2.62 bits per heavy atom. The zero-order valence-electron chi connectivity index (χ0n) is 13.5. The Kier molecular flexibility index (Phi) is 5.06. The minimum atomic E-state index is -1.01. The van der Waals surface area contributed by atoms with E-state index in [0.717, 1.165) is 26.4 Å². The Morgan fingerprint density at radius 2 is 1.88 bits per heavy atom. The van der Waals surface area contributed by atoms with Gasteiger partial charge in [-0.1, -0.05) is 36.4 Å². The number of thiazole rings is 1. The van der Waals surface area contributed by atoms with E-state index in [0.29, 0.717) is 12.8 Å². The molecular weight excluding hydrogens is 318 g/mol. The maximum absolute atomic E-state index is 10.7. The fourth-order valence-electron chi connectivity index (χ4n) is 2.61. The molecule has 0 amide bonds. The van der Waals surface area contributed by atoms with E-state index in [1.54, 1.807) is 11.3 Å². The predicted molar refractivity (Wildman–Crippen MR) is 97.5 cm³/mol. The summed E-state index contributed by atoms with van der Waals surface area (Å²) < 4.78 is 1.14. The Balaban J connectivity index is 1.97. The molecule has 0 spiro atoms. The molecule has 1 heterocycles. The molecule has 3 aromatic rings. The molecular formula is C20H18NO2S-. The van der Waals surface area contributed by atoms with Gasteiger partial charge in [-0.2, -0.15) is 0 Å². The number of rotatable bonds is 6. The van der Waals surface area contributed by atoms with E-state index in [2.05, 4.69) is 31.2 Å².